The lowest BCUT2D eigenvalue weighted by Gasteiger charge is -2.28. The van der Waals surface area contributed by atoms with Gasteiger partial charge in [-0.25, -0.2) is 4.79 Å². The molecule has 2 aliphatic rings. The Balaban J connectivity index is 1.55. The van der Waals surface area contributed by atoms with Crippen LogP contribution in [0.3, 0.4) is 0 Å². The molecule has 22 heavy (non-hydrogen) atoms. The van der Waals surface area contributed by atoms with Crippen LogP contribution in [0.1, 0.15) is 69.9 Å². The summed E-state index contributed by atoms with van der Waals surface area (Å²) in [5, 5.41) is 14.8. The molecule has 2 amide bonds. The molecule has 1 aliphatic heterocycles. The first-order valence-corrected chi connectivity index (χ1v) is 8.62. The highest BCUT2D eigenvalue weighted by Gasteiger charge is 2.25. The maximum atomic E-state index is 12.2. The molecular weight excluding hydrogens is 278 g/mol. The van der Waals surface area contributed by atoms with Gasteiger partial charge in [0.2, 0.25) is 0 Å². The molecule has 1 aliphatic carbocycles. The lowest BCUT2D eigenvalue weighted by molar-refractivity contribution is 0.224. The predicted molar refractivity (Wildman–Crippen MR) is 84.8 cm³/mol. The van der Waals surface area contributed by atoms with E-state index in [-0.39, 0.29) is 12.1 Å². The topological polar surface area (TPSA) is 71.8 Å². The first-order valence-electron chi connectivity index (χ1n) is 8.62. The second kappa shape index (κ2) is 6.67. The maximum Gasteiger partial charge on any atom is 0.315 e. The number of amides is 2. The van der Waals surface area contributed by atoms with Crippen molar-refractivity contribution in [3.8, 4) is 0 Å². The first-order chi connectivity index (χ1) is 10.6. The van der Waals surface area contributed by atoms with E-state index >= 15 is 0 Å². The lowest BCUT2D eigenvalue weighted by atomic mass is 9.96. The summed E-state index contributed by atoms with van der Waals surface area (Å²) >= 11 is 0. The summed E-state index contributed by atoms with van der Waals surface area (Å²) in [6.45, 7) is 5.04. The largest absolute Gasteiger partial charge is 0.335 e. The molecular formula is C16H27N5O. The summed E-state index contributed by atoms with van der Waals surface area (Å²) in [6.07, 6.45) is 7.82. The normalized spacial score (nSPS) is 22.4. The van der Waals surface area contributed by atoms with Crippen LogP contribution in [0.4, 0.5) is 4.79 Å². The summed E-state index contributed by atoms with van der Waals surface area (Å²) < 4.78 is 2.18. The number of aryl methyl sites for hydroxylation is 1. The molecule has 1 aromatic rings. The molecule has 0 unspecified atom stereocenters. The number of nitrogens with one attached hydrogen (secondary N) is 2. The Morgan fingerprint density at radius 1 is 1.09 bits per heavy atom. The third kappa shape index (κ3) is 3.42. The molecule has 0 spiro atoms. The van der Waals surface area contributed by atoms with Gasteiger partial charge in [0.1, 0.15) is 11.6 Å². The van der Waals surface area contributed by atoms with Gasteiger partial charge in [-0.15, -0.1) is 10.2 Å². The van der Waals surface area contributed by atoms with Gasteiger partial charge in [0.15, 0.2) is 0 Å². The highest BCUT2D eigenvalue weighted by molar-refractivity contribution is 5.74. The number of carbonyl (C=O) groups is 1. The number of nitrogens with zero attached hydrogens (tertiary/aromatic N) is 3. The summed E-state index contributed by atoms with van der Waals surface area (Å²) in [5.41, 5.74) is 0. The van der Waals surface area contributed by atoms with Crippen molar-refractivity contribution in [3.05, 3.63) is 11.6 Å². The Bertz CT molecular complexity index is 519. The number of aromatic nitrogens is 3. The third-order valence-corrected chi connectivity index (χ3v) is 4.77. The minimum Gasteiger partial charge on any atom is -0.335 e. The zero-order valence-corrected chi connectivity index (χ0v) is 13.6. The molecule has 1 fully saturated rings. The van der Waals surface area contributed by atoms with Crippen molar-refractivity contribution in [2.45, 2.75) is 83.3 Å². The van der Waals surface area contributed by atoms with Crippen molar-refractivity contribution in [1.29, 1.82) is 0 Å². The number of hydrogen-bond acceptors (Lipinski definition) is 3. The average Bonchev–Trinajstić information content (AvgIpc) is 2.91. The molecule has 122 valence electrons. The van der Waals surface area contributed by atoms with E-state index in [1.54, 1.807) is 0 Å². The van der Waals surface area contributed by atoms with Crippen molar-refractivity contribution in [2.75, 3.05) is 0 Å². The Kier molecular flexibility index (Phi) is 4.64. The molecule has 0 saturated heterocycles. The van der Waals surface area contributed by atoms with Crippen LogP contribution in [0, 0.1) is 0 Å². The summed E-state index contributed by atoms with van der Waals surface area (Å²) in [5.74, 6) is 2.43. The van der Waals surface area contributed by atoms with E-state index in [0.717, 1.165) is 43.9 Å². The van der Waals surface area contributed by atoms with E-state index in [2.05, 4.69) is 39.2 Å². The highest BCUT2D eigenvalue weighted by atomic mass is 16.2. The molecule has 3 rings (SSSR count). The van der Waals surface area contributed by atoms with Crippen LogP contribution < -0.4 is 10.6 Å². The van der Waals surface area contributed by atoms with E-state index in [9.17, 15) is 4.79 Å². The van der Waals surface area contributed by atoms with Crippen molar-refractivity contribution < 1.29 is 4.79 Å². The van der Waals surface area contributed by atoms with Gasteiger partial charge < -0.3 is 15.2 Å². The first kappa shape index (κ1) is 15.3. The Hall–Kier alpha value is -1.59. The fourth-order valence-corrected chi connectivity index (χ4v) is 3.55. The molecule has 0 bridgehead atoms. The van der Waals surface area contributed by atoms with Gasteiger partial charge in [0.25, 0.3) is 0 Å². The average molecular weight is 305 g/mol. The van der Waals surface area contributed by atoms with Crippen LogP contribution in [-0.4, -0.2) is 32.9 Å². The molecule has 6 heteroatoms. The van der Waals surface area contributed by atoms with Crippen molar-refractivity contribution in [1.82, 2.24) is 25.4 Å². The van der Waals surface area contributed by atoms with Gasteiger partial charge in [0, 0.05) is 31.0 Å². The minimum atomic E-state index is -0.0143. The zero-order valence-electron chi connectivity index (χ0n) is 13.6. The molecule has 2 heterocycles. The molecule has 1 atom stereocenters. The van der Waals surface area contributed by atoms with Crippen LogP contribution >= 0.6 is 0 Å². The number of urea groups is 1. The van der Waals surface area contributed by atoms with Crippen LogP contribution in [0.15, 0.2) is 0 Å². The smallest absolute Gasteiger partial charge is 0.315 e. The van der Waals surface area contributed by atoms with E-state index < -0.39 is 0 Å². The third-order valence-electron chi connectivity index (χ3n) is 4.77. The number of carbonyl (C=O) groups excluding carboxylic acids is 1. The van der Waals surface area contributed by atoms with Crippen LogP contribution in [-0.2, 0) is 13.0 Å². The molecule has 1 saturated carbocycles. The van der Waals surface area contributed by atoms with Gasteiger partial charge >= 0.3 is 6.03 Å². The molecule has 2 N–H and O–H groups in total. The molecule has 1 aromatic heterocycles. The van der Waals surface area contributed by atoms with E-state index in [1.165, 1.54) is 19.3 Å². The standard InChI is InChI=1S/C16H27N5O/c1-11(2)15-20-19-14-9-8-13(10-21(14)15)18-16(22)17-12-6-4-3-5-7-12/h11-13H,3-10H2,1-2H3,(H2,17,18,22)/t13-/m1/s1. The lowest BCUT2D eigenvalue weighted by Crippen LogP contribution is -2.49. The quantitative estimate of drug-likeness (QED) is 0.900. The SMILES string of the molecule is CC(C)c1nnc2n1C[C@H](NC(=O)NC1CCCCC1)CC2. The van der Waals surface area contributed by atoms with E-state index in [4.69, 9.17) is 0 Å². The van der Waals surface area contributed by atoms with Gasteiger partial charge in [-0.2, -0.15) is 0 Å². The van der Waals surface area contributed by atoms with Crippen molar-refractivity contribution in [2.24, 2.45) is 0 Å². The van der Waals surface area contributed by atoms with Crippen molar-refractivity contribution in [3.63, 3.8) is 0 Å². The van der Waals surface area contributed by atoms with Gasteiger partial charge in [-0.05, 0) is 19.3 Å². The second-order valence-electron chi connectivity index (χ2n) is 6.93. The van der Waals surface area contributed by atoms with E-state index in [1.807, 2.05) is 0 Å². The second-order valence-corrected chi connectivity index (χ2v) is 6.93. The minimum absolute atomic E-state index is 0.0143. The van der Waals surface area contributed by atoms with Crippen LogP contribution in [0.25, 0.3) is 0 Å². The summed E-state index contributed by atoms with van der Waals surface area (Å²) in [4.78, 5) is 12.2. The Labute approximate surface area is 132 Å². The number of fused-ring (bicyclic) bond motifs is 1. The fraction of sp³-hybridized carbons (Fsp3) is 0.812. The maximum absolute atomic E-state index is 12.2. The van der Waals surface area contributed by atoms with Crippen LogP contribution in [0.5, 0.6) is 0 Å². The highest BCUT2D eigenvalue weighted by Crippen LogP contribution is 2.20. The Morgan fingerprint density at radius 3 is 2.55 bits per heavy atom. The molecule has 0 radical (unpaired) electrons. The van der Waals surface area contributed by atoms with Gasteiger partial charge in [-0.1, -0.05) is 33.1 Å². The molecule has 6 nitrogen and oxygen atoms in total. The van der Waals surface area contributed by atoms with E-state index in [0.29, 0.717) is 12.0 Å². The number of hydrogen-bond donors (Lipinski definition) is 2. The van der Waals surface area contributed by atoms with Gasteiger partial charge in [0.05, 0.1) is 0 Å². The monoisotopic (exact) mass is 305 g/mol. The molecule has 0 aromatic carbocycles. The predicted octanol–water partition coefficient (Wildman–Crippen LogP) is 2.35. The van der Waals surface area contributed by atoms with Gasteiger partial charge in [-0.3, -0.25) is 0 Å². The van der Waals surface area contributed by atoms with Crippen LogP contribution in [0.2, 0.25) is 0 Å². The fourth-order valence-electron chi connectivity index (χ4n) is 3.55. The summed E-state index contributed by atoms with van der Waals surface area (Å²) in [7, 11) is 0. The zero-order chi connectivity index (χ0) is 15.5. The number of rotatable bonds is 3. The summed E-state index contributed by atoms with van der Waals surface area (Å²) in [6, 6.07) is 0.512. The Morgan fingerprint density at radius 2 is 1.82 bits per heavy atom. The van der Waals surface area contributed by atoms with Crippen molar-refractivity contribution >= 4 is 6.03 Å².